The van der Waals surface area contributed by atoms with Gasteiger partial charge in [0.25, 0.3) is 0 Å². The Kier molecular flexibility index (Phi) is 5.44. The van der Waals surface area contributed by atoms with E-state index in [1.165, 1.54) is 12.7 Å². The van der Waals surface area contributed by atoms with E-state index >= 15 is 0 Å². The largest absolute Gasteiger partial charge is 0.488 e. The third-order valence-electron chi connectivity index (χ3n) is 5.11. The maximum Gasteiger partial charge on any atom is 0.488 e. The Balaban J connectivity index is 1.46. The minimum absolute atomic E-state index is 0.0817. The first-order valence-electron chi connectivity index (χ1n) is 8.60. The fourth-order valence-corrected chi connectivity index (χ4v) is 7.32. The first-order valence-corrected chi connectivity index (χ1v) is 13.4. The average Bonchev–Trinajstić information content (AvgIpc) is 2.97. The molecule has 6 atom stereocenters. The molecule has 0 radical (unpaired) electrons. The molecule has 2 aliphatic carbocycles. The summed E-state index contributed by atoms with van der Waals surface area (Å²) in [6.07, 6.45) is 1.17. The Labute approximate surface area is 173 Å². The molecule has 4 rings (SSSR count). The van der Waals surface area contributed by atoms with Gasteiger partial charge < -0.3 is 39.7 Å². The summed E-state index contributed by atoms with van der Waals surface area (Å²) in [5, 5.41) is 10.5. The van der Waals surface area contributed by atoms with Gasteiger partial charge in [0, 0.05) is 12.3 Å². The lowest BCUT2D eigenvalue weighted by Gasteiger charge is -2.20. The summed E-state index contributed by atoms with van der Waals surface area (Å²) in [4.78, 5) is 48.3. The number of nitrogens with zero attached hydrogens (tertiary/aromatic N) is 4. The standard InChI is InChI=1S/C12H18N5O11P3/c13-10-8-11(15-3-14-10)17(4-16-8)9-6-1-12(6,2-7(9)18)26-5-29(19,20)27-31(24,25)28-30(21,22)23/h3-4,6-7,9,18H,1-2,5H2,(H,19,20)(H,24,25)(H2,13,14,15)(H2,21,22,23)/t6-,7?,9-,12-/m1/s1. The molecule has 0 spiro atoms. The predicted octanol–water partition coefficient (Wildman–Crippen LogP) is -0.141. The average molecular weight is 501 g/mol. The van der Waals surface area contributed by atoms with Crippen molar-refractivity contribution in [3.8, 4) is 0 Å². The van der Waals surface area contributed by atoms with Crippen LogP contribution >= 0.6 is 23.2 Å². The molecule has 19 heteroatoms. The maximum atomic E-state index is 12.1. The van der Waals surface area contributed by atoms with Gasteiger partial charge in [0.15, 0.2) is 11.5 Å². The number of anilines is 1. The SMILES string of the molecule is Nc1ncnc2c1ncn2[C@H]1C(O)C[C@]2(OCP(=O)(O)OP(=O)(O)OP(=O)(O)O)C[C@H]12. The summed E-state index contributed by atoms with van der Waals surface area (Å²) in [7, 11) is -16.0. The molecule has 2 heterocycles. The number of aliphatic hydroxyl groups is 1. The van der Waals surface area contributed by atoms with Crippen LogP contribution in [0.5, 0.6) is 0 Å². The molecule has 0 aliphatic heterocycles. The number of nitrogens with two attached hydrogens (primary N) is 1. The van der Waals surface area contributed by atoms with Crippen molar-refractivity contribution in [2.75, 3.05) is 12.1 Å². The first-order chi connectivity index (χ1) is 14.2. The first kappa shape index (κ1) is 22.9. The number of phosphoric acid groups is 2. The van der Waals surface area contributed by atoms with Crippen LogP contribution in [0.25, 0.3) is 11.2 Å². The lowest BCUT2D eigenvalue weighted by atomic mass is 10.1. The summed E-state index contributed by atoms with van der Waals surface area (Å²) in [6, 6.07) is -0.528. The summed E-state index contributed by atoms with van der Waals surface area (Å²) in [5.74, 6) is -0.137. The molecule has 2 aliphatic rings. The fourth-order valence-electron chi connectivity index (χ4n) is 3.96. The van der Waals surface area contributed by atoms with Crippen LogP contribution in [-0.2, 0) is 27.1 Å². The molecule has 31 heavy (non-hydrogen) atoms. The van der Waals surface area contributed by atoms with Crippen LogP contribution in [0, 0.1) is 5.92 Å². The summed E-state index contributed by atoms with van der Waals surface area (Å²) < 4.78 is 48.8. The van der Waals surface area contributed by atoms with Gasteiger partial charge in [-0.3, -0.25) is 4.57 Å². The molecule has 2 aromatic heterocycles. The van der Waals surface area contributed by atoms with Gasteiger partial charge in [-0.2, -0.15) is 4.31 Å². The molecule has 0 bridgehead atoms. The second-order valence-electron chi connectivity index (χ2n) is 7.25. The van der Waals surface area contributed by atoms with Crippen LogP contribution < -0.4 is 5.73 Å². The van der Waals surface area contributed by atoms with E-state index in [1.807, 2.05) is 0 Å². The van der Waals surface area contributed by atoms with Crippen LogP contribution in [0.1, 0.15) is 18.9 Å². The summed E-state index contributed by atoms with van der Waals surface area (Å²) in [6.45, 7) is 0. The van der Waals surface area contributed by atoms with Gasteiger partial charge >= 0.3 is 23.2 Å². The van der Waals surface area contributed by atoms with Gasteiger partial charge in [-0.05, 0) is 6.42 Å². The summed E-state index contributed by atoms with van der Waals surface area (Å²) >= 11 is 0. The predicted molar refractivity (Wildman–Crippen MR) is 100 cm³/mol. The normalized spacial score (nSPS) is 31.8. The van der Waals surface area contributed by atoms with Crippen molar-refractivity contribution in [1.29, 1.82) is 0 Å². The lowest BCUT2D eigenvalue weighted by molar-refractivity contribution is 0.0294. The van der Waals surface area contributed by atoms with E-state index in [2.05, 4.69) is 23.6 Å². The Hall–Kier alpha value is -1.28. The van der Waals surface area contributed by atoms with E-state index in [9.17, 15) is 28.6 Å². The highest BCUT2D eigenvalue weighted by atomic mass is 31.3. The Morgan fingerprint density at radius 2 is 1.84 bits per heavy atom. The molecule has 3 unspecified atom stereocenters. The minimum Gasteiger partial charge on any atom is -0.391 e. The highest BCUT2D eigenvalue weighted by molar-refractivity contribution is 7.68. The number of aliphatic hydroxyl groups excluding tert-OH is 1. The Morgan fingerprint density at radius 3 is 2.52 bits per heavy atom. The maximum absolute atomic E-state index is 12.1. The molecular weight excluding hydrogens is 483 g/mol. The van der Waals surface area contributed by atoms with E-state index in [0.717, 1.165) is 0 Å². The minimum atomic E-state index is -5.55. The van der Waals surface area contributed by atoms with E-state index < -0.39 is 47.3 Å². The molecule has 7 N–H and O–H groups in total. The second-order valence-corrected chi connectivity index (χ2v) is 12.0. The van der Waals surface area contributed by atoms with E-state index in [1.54, 1.807) is 4.57 Å². The quantitative estimate of drug-likeness (QED) is 0.257. The van der Waals surface area contributed by atoms with Crippen LogP contribution in [0.15, 0.2) is 12.7 Å². The number of fused-ring (bicyclic) bond motifs is 2. The highest BCUT2D eigenvalue weighted by Gasteiger charge is 2.68. The number of nitrogen functional groups attached to an aromatic ring is 1. The number of ether oxygens (including phenoxy) is 1. The van der Waals surface area contributed by atoms with Crippen LogP contribution in [0.4, 0.5) is 5.82 Å². The van der Waals surface area contributed by atoms with Crippen molar-refractivity contribution >= 4 is 40.2 Å². The third kappa shape index (κ3) is 4.61. The molecular formula is C12H18N5O11P3. The molecule has 16 nitrogen and oxygen atoms in total. The number of hydrogen-bond acceptors (Lipinski definition) is 11. The second kappa shape index (κ2) is 7.37. The van der Waals surface area contributed by atoms with Crippen molar-refractivity contribution in [2.45, 2.75) is 30.6 Å². The molecule has 2 aromatic rings. The van der Waals surface area contributed by atoms with E-state index in [4.69, 9.17) is 20.3 Å². The Bertz CT molecular complexity index is 1170. The highest BCUT2D eigenvalue weighted by Crippen LogP contribution is 2.68. The van der Waals surface area contributed by atoms with Gasteiger partial charge in [0.05, 0.1) is 24.1 Å². The van der Waals surface area contributed by atoms with Crippen molar-refractivity contribution in [1.82, 2.24) is 19.5 Å². The Morgan fingerprint density at radius 1 is 1.13 bits per heavy atom. The van der Waals surface area contributed by atoms with Gasteiger partial charge in [-0.15, -0.1) is 0 Å². The van der Waals surface area contributed by atoms with Crippen molar-refractivity contribution < 1.29 is 51.7 Å². The van der Waals surface area contributed by atoms with Crippen molar-refractivity contribution in [2.24, 2.45) is 5.92 Å². The molecule has 0 aromatic carbocycles. The fraction of sp³-hybridized carbons (Fsp3) is 0.583. The number of rotatable bonds is 8. The zero-order valence-corrected chi connectivity index (χ0v) is 18.1. The number of hydrogen-bond donors (Lipinski definition) is 6. The monoisotopic (exact) mass is 501 g/mol. The van der Waals surface area contributed by atoms with Crippen LogP contribution in [0.3, 0.4) is 0 Å². The zero-order valence-electron chi connectivity index (χ0n) is 15.4. The number of imidazole rings is 1. The zero-order chi connectivity index (χ0) is 22.8. The van der Waals surface area contributed by atoms with Crippen LogP contribution in [0.2, 0.25) is 0 Å². The topological polar surface area (TPSA) is 250 Å². The molecule has 0 amide bonds. The van der Waals surface area contributed by atoms with Gasteiger partial charge in [0.2, 0.25) is 0 Å². The molecule has 2 fully saturated rings. The van der Waals surface area contributed by atoms with Gasteiger partial charge in [-0.1, -0.05) is 0 Å². The summed E-state index contributed by atoms with van der Waals surface area (Å²) in [5.41, 5.74) is 5.51. The van der Waals surface area contributed by atoms with Crippen molar-refractivity contribution in [3.05, 3.63) is 12.7 Å². The van der Waals surface area contributed by atoms with E-state index in [0.29, 0.717) is 17.6 Å². The van der Waals surface area contributed by atoms with Crippen molar-refractivity contribution in [3.63, 3.8) is 0 Å². The van der Waals surface area contributed by atoms with Gasteiger partial charge in [-0.25, -0.2) is 28.4 Å². The molecule has 0 saturated heterocycles. The van der Waals surface area contributed by atoms with Crippen LogP contribution in [-0.4, -0.2) is 62.3 Å². The smallest absolute Gasteiger partial charge is 0.391 e. The molecule has 172 valence electrons. The third-order valence-corrected chi connectivity index (χ3v) is 9.08. The van der Waals surface area contributed by atoms with E-state index in [-0.39, 0.29) is 18.2 Å². The number of aromatic nitrogens is 4. The van der Waals surface area contributed by atoms with Gasteiger partial charge in [0.1, 0.15) is 18.2 Å². The lowest BCUT2D eigenvalue weighted by Crippen LogP contribution is -2.22. The molecule has 2 saturated carbocycles.